The Labute approximate surface area is 183 Å². The highest BCUT2D eigenvalue weighted by Gasteiger charge is 2.45. The molecule has 0 aliphatic carbocycles. The number of nitrogens with zero attached hydrogens (tertiary/aromatic N) is 3. The number of carbonyl (C=O) groups excluding carboxylic acids is 2. The van der Waals surface area contributed by atoms with Gasteiger partial charge in [-0.25, -0.2) is 0 Å². The molecule has 3 rings (SSSR count). The number of hydrogen-bond donors (Lipinski definition) is 1. The minimum atomic E-state index is -0.678. The molecule has 1 aliphatic rings. The summed E-state index contributed by atoms with van der Waals surface area (Å²) in [5.74, 6) is -0.750. The van der Waals surface area contributed by atoms with Crippen LogP contribution in [0, 0.1) is 6.92 Å². The molecule has 31 heavy (non-hydrogen) atoms. The maximum absolute atomic E-state index is 13.0. The predicted molar refractivity (Wildman–Crippen MR) is 119 cm³/mol. The molecule has 0 bridgehead atoms. The van der Waals surface area contributed by atoms with Crippen LogP contribution in [0.15, 0.2) is 48.3 Å². The zero-order valence-electron chi connectivity index (χ0n) is 18.5. The summed E-state index contributed by atoms with van der Waals surface area (Å²) in [6.45, 7) is 5.49. The molecule has 0 saturated carbocycles. The van der Waals surface area contributed by atoms with E-state index in [0.717, 1.165) is 12.1 Å². The van der Waals surface area contributed by atoms with Crippen LogP contribution in [-0.4, -0.2) is 65.4 Å². The summed E-state index contributed by atoms with van der Waals surface area (Å²) >= 11 is 0. The van der Waals surface area contributed by atoms with E-state index in [1.807, 2.05) is 38.9 Å². The Balaban J connectivity index is 2.06. The average Bonchev–Trinajstić information content (AvgIpc) is 3.00. The van der Waals surface area contributed by atoms with Crippen molar-refractivity contribution in [3.8, 4) is 5.75 Å². The molecule has 164 valence electrons. The number of rotatable bonds is 8. The van der Waals surface area contributed by atoms with Crippen LogP contribution >= 0.6 is 0 Å². The molecule has 1 fully saturated rings. The summed E-state index contributed by atoms with van der Waals surface area (Å²) < 4.78 is 5.57. The van der Waals surface area contributed by atoms with Gasteiger partial charge in [0.05, 0.1) is 18.2 Å². The topological polar surface area (TPSA) is 83.0 Å². The Morgan fingerprint density at radius 1 is 1.26 bits per heavy atom. The maximum Gasteiger partial charge on any atom is 0.295 e. The highest BCUT2D eigenvalue weighted by molar-refractivity contribution is 6.46. The van der Waals surface area contributed by atoms with Gasteiger partial charge in [0.15, 0.2) is 0 Å². The molecule has 1 unspecified atom stereocenters. The second kappa shape index (κ2) is 9.75. The Kier molecular flexibility index (Phi) is 7.07. The average molecular weight is 424 g/mol. The summed E-state index contributed by atoms with van der Waals surface area (Å²) in [5, 5.41) is 11.1. The lowest BCUT2D eigenvalue weighted by atomic mass is 9.95. The van der Waals surface area contributed by atoms with Crippen molar-refractivity contribution in [3.05, 3.63) is 65.0 Å². The van der Waals surface area contributed by atoms with Crippen LogP contribution in [0.2, 0.25) is 0 Å². The lowest BCUT2D eigenvalue weighted by molar-refractivity contribution is -0.139. The molecule has 0 spiro atoms. The minimum Gasteiger partial charge on any atom is -0.507 e. The van der Waals surface area contributed by atoms with Gasteiger partial charge >= 0.3 is 0 Å². The number of likely N-dealkylation sites (tertiary alicyclic amines) is 1. The number of ketones is 1. The molecular weight excluding hydrogens is 394 g/mol. The van der Waals surface area contributed by atoms with E-state index in [1.54, 1.807) is 36.7 Å². The maximum atomic E-state index is 13.0. The number of ether oxygens (including phenoxy) is 1. The van der Waals surface area contributed by atoms with Crippen molar-refractivity contribution >= 4 is 17.4 Å². The lowest BCUT2D eigenvalue weighted by Crippen LogP contribution is -2.32. The second-order valence-electron chi connectivity index (χ2n) is 7.85. The normalized spacial score (nSPS) is 18.1. The monoisotopic (exact) mass is 423 g/mol. The zero-order chi connectivity index (χ0) is 22.5. The van der Waals surface area contributed by atoms with Crippen molar-refractivity contribution in [3.63, 3.8) is 0 Å². The number of aryl methyl sites for hydroxylation is 1. The molecule has 1 N–H and O–H groups in total. The fourth-order valence-corrected chi connectivity index (χ4v) is 3.82. The number of aliphatic hydroxyl groups excluding tert-OH is 1. The number of aliphatic hydroxyl groups is 1. The predicted octanol–water partition coefficient (Wildman–Crippen LogP) is 3.16. The number of amides is 1. The van der Waals surface area contributed by atoms with Crippen LogP contribution in [0.4, 0.5) is 0 Å². The van der Waals surface area contributed by atoms with E-state index < -0.39 is 17.7 Å². The quantitative estimate of drug-likeness (QED) is 0.399. The third kappa shape index (κ3) is 4.77. The van der Waals surface area contributed by atoms with E-state index in [0.29, 0.717) is 36.4 Å². The van der Waals surface area contributed by atoms with Gasteiger partial charge in [-0.05, 0) is 76.3 Å². The first-order chi connectivity index (χ1) is 14.8. The van der Waals surface area contributed by atoms with E-state index in [-0.39, 0.29) is 11.3 Å². The van der Waals surface area contributed by atoms with Crippen LogP contribution in [0.25, 0.3) is 5.76 Å². The van der Waals surface area contributed by atoms with Crippen molar-refractivity contribution in [2.45, 2.75) is 26.3 Å². The molecule has 2 heterocycles. The van der Waals surface area contributed by atoms with E-state index in [2.05, 4.69) is 4.98 Å². The first-order valence-electron chi connectivity index (χ1n) is 10.4. The molecule has 1 saturated heterocycles. The number of Topliss-reactive ketones (excluding diaryl/α,β-unsaturated/α-hetero) is 1. The largest absolute Gasteiger partial charge is 0.507 e. The van der Waals surface area contributed by atoms with Crippen molar-refractivity contribution in [1.29, 1.82) is 0 Å². The van der Waals surface area contributed by atoms with Gasteiger partial charge in [0.25, 0.3) is 11.7 Å². The molecule has 1 aliphatic heterocycles. The fraction of sp³-hybridized carbons (Fsp3) is 0.375. The molecule has 7 nitrogen and oxygen atoms in total. The van der Waals surface area contributed by atoms with E-state index in [4.69, 9.17) is 4.74 Å². The minimum absolute atomic E-state index is 0.0893. The van der Waals surface area contributed by atoms with Crippen LogP contribution < -0.4 is 4.74 Å². The zero-order valence-corrected chi connectivity index (χ0v) is 18.5. The Bertz CT molecular complexity index is 986. The standard InChI is InChI=1S/C24H29N3O4/c1-5-31-19-10-9-17(14-16(19)2)22(28)20-21(18-8-6-11-25-15-18)27(24(30)23(20)29)13-7-12-26(3)4/h6,8-11,14-15,21,28H,5,7,12-13H2,1-4H3/b22-20-. The van der Waals surface area contributed by atoms with Crippen LogP contribution in [-0.2, 0) is 9.59 Å². The van der Waals surface area contributed by atoms with Gasteiger partial charge in [-0.15, -0.1) is 0 Å². The molecule has 0 radical (unpaired) electrons. The van der Waals surface area contributed by atoms with Gasteiger partial charge in [-0.2, -0.15) is 0 Å². The van der Waals surface area contributed by atoms with Crippen molar-refractivity contribution in [2.75, 3.05) is 33.8 Å². The van der Waals surface area contributed by atoms with E-state index in [9.17, 15) is 14.7 Å². The van der Waals surface area contributed by atoms with E-state index >= 15 is 0 Å². The van der Waals surface area contributed by atoms with E-state index in [1.165, 1.54) is 4.90 Å². The van der Waals surface area contributed by atoms with Gasteiger partial charge in [-0.1, -0.05) is 6.07 Å². The molecular formula is C24H29N3O4. The first-order valence-corrected chi connectivity index (χ1v) is 10.4. The van der Waals surface area contributed by atoms with Crippen LogP contribution in [0.1, 0.15) is 36.1 Å². The molecule has 1 aromatic carbocycles. The number of aromatic nitrogens is 1. The third-order valence-electron chi connectivity index (χ3n) is 5.29. The number of benzene rings is 1. The Morgan fingerprint density at radius 2 is 2.03 bits per heavy atom. The summed E-state index contributed by atoms with van der Waals surface area (Å²) in [4.78, 5) is 33.6. The second-order valence-corrected chi connectivity index (χ2v) is 7.85. The summed E-state index contributed by atoms with van der Waals surface area (Å²) in [6.07, 6.45) is 3.97. The Morgan fingerprint density at radius 3 is 2.65 bits per heavy atom. The van der Waals surface area contributed by atoms with Crippen LogP contribution in [0.3, 0.4) is 0 Å². The molecule has 7 heteroatoms. The molecule has 1 aromatic heterocycles. The van der Waals surface area contributed by atoms with Gasteiger partial charge in [0.1, 0.15) is 11.5 Å². The first kappa shape index (κ1) is 22.5. The summed E-state index contributed by atoms with van der Waals surface area (Å²) in [5.41, 5.74) is 2.09. The van der Waals surface area contributed by atoms with Crippen molar-refractivity contribution < 1.29 is 19.4 Å². The number of carbonyl (C=O) groups is 2. The van der Waals surface area contributed by atoms with Gasteiger partial charge in [0, 0.05) is 24.5 Å². The highest BCUT2D eigenvalue weighted by atomic mass is 16.5. The molecule has 1 atom stereocenters. The van der Waals surface area contributed by atoms with Gasteiger partial charge in [-0.3, -0.25) is 14.6 Å². The van der Waals surface area contributed by atoms with Gasteiger partial charge < -0.3 is 19.6 Å². The number of pyridine rings is 1. The van der Waals surface area contributed by atoms with Gasteiger partial charge in [0.2, 0.25) is 0 Å². The molecule has 1 amide bonds. The SMILES string of the molecule is CCOc1ccc(/C(O)=C2/C(=O)C(=O)N(CCCN(C)C)C2c2cccnc2)cc1C. The summed E-state index contributed by atoms with van der Waals surface area (Å²) in [7, 11) is 3.92. The molecule has 2 aromatic rings. The highest BCUT2D eigenvalue weighted by Crippen LogP contribution is 2.39. The lowest BCUT2D eigenvalue weighted by Gasteiger charge is -2.25. The summed E-state index contributed by atoms with van der Waals surface area (Å²) in [6, 6.07) is 8.13. The number of hydrogen-bond acceptors (Lipinski definition) is 6. The van der Waals surface area contributed by atoms with Crippen molar-refractivity contribution in [2.24, 2.45) is 0 Å². The van der Waals surface area contributed by atoms with Crippen LogP contribution in [0.5, 0.6) is 5.75 Å². The fourth-order valence-electron chi connectivity index (χ4n) is 3.82. The Hall–Kier alpha value is -3.19. The van der Waals surface area contributed by atoms with Crippen molar-refractivity contribution in [1.82, 2.24) is 14.8 Å². The smallest absolute Gasteiger partial charge is 0.295 e. The third-order valence-corrected chi connectivity index (χ3v) is 5.29.